The average molecular weight is 429 g/mol. The summed E-state index contributed by atoms with van der Waals surface area (Å²) in [6, 6.07) is 18.6. The van der Waals surface area contributed by atoms with Crippen molar-refractivity contribution in [1.82, 2.24) is 19.9 Å². The lowest BCUT2D eigenvalue weighted by atomic mass is 10.1. The average Bonchev–Trinajstić information content (AvgIpc) is 2.84. The molecule has 0 saturated carbocycles. The van der Waals surface area contributed by atoms with Crippen LogP contribution in [0.25, 0.3) is 10.9 Å². The second-order valence-electron chi connectivity index (χ2n) is 7.92. The maximum absolute atomic E-state index is 13.2. The van der Waals surface area contributed by atoms with Crippen LogP contribution in [0.15, 0.2) is 73.2 Å². The predicted octanol–water partition coefficient (Wildman–Crippen LogP) is 4.84. The molecule has 6 nitrogen and oxygen atoms in total. The first-order valence-corrected chi connectivity index (χ1v) is 10.7. The van der Waals surface area contributed by atoms with Crippen LogP contribution in [-0.4, -0.2) is 46.0 Å². The van der Waals surface area contributed by atoms with Gasteiger partial charge in [-0.25, -0.2) is 14.4 Å². The highest BCUT2D eigenvalue weighted by Gasteiger charge is 2.23. The first kappa shape index (κ1) is 20.3. The number of halogens is 1. The lowest BCUT2D eigenvalue weighted by Gasteiger charge is -2.38. The van der Waals surface area contributed by atoms with Crippen molar-refractivity contribution in [2.75, 3.05) is 31.1 Å². The maximum Gasteiger partial charge on any atom is 0.224 e. The number of rotatable bonds is 5. The Balaban J connectivity index is 1.24. The molecule has 1 aliphatic heterocycles. The summed E-state index contributed by atoms with van der Waals surface area (Å²) in [6.45, 7) is 5.67. The first-order chi connectivity index (χ1) is 15.7. The highest BCUT2D eigenvalue weighted by Crippen LogP contribution is 2.27. The summed E-state index contributed by atoms with van der Waals surface area (Å²) >= 11 is 0. The minimum Gasteiger partial charge on any atom is -0.439 e. The second-order valence-corrected chi connectivity index (χ2v) is 7.92. The first-order valence-electron chi connectivity index (χ1n) is 10.7. The van der Waals surface area contributed by atoms with Crippen LogP contribution in [0.4, 0.5) is 10.2 Å². The zero-order chi connectivity index (χ0) is 21.9. The van der Waals surface area contributed by atoms with E-state index in [0.717, 1.165) is 48.5 Å². The van der Waals surface area contributed by atoms with E-state index in [0.29, 0.717) is 11.6 Å². The third kappa shape index (κ3) is 4.38. The third-order valence-corrected chi connectivity index (χ3v) is 5.96. The minimum absolute atomic E-state index is 0.201. The van der Waals surface area contributed by atoms with E-state index >= 15 is 0 Å². The Labute approximate surface area is 186 Å². The van der Waals surface area contributed by atoms with Gasteiger partial charge in [0.05, 0.1) is 5.52 Å². The number of hydrogen-bond donors (Lipinski definition) is 0. The van der Waals surface area contributed by atoms with Crippen molar-refractivity contribution in [1.29, 1.82) is 0 Å². The van der Waals surface area contributed by atoms with Crippen LogP contribution in [0.2, 0.25) is 0 Å². The molecule has 1 atom stereocenters. The zero-order valence-electron chi connectivity index (χ0n) is 17.9. The molecule has 2 aromatic heterocycles. The number of nitrogens with zero attached hydrogens (tertiary/aromatic N) is 5. The van der Waals surface area contributed by atoms with Crippen LogP contribution >= 0.6 is 0 Å². The molecule has 7 heteroatoms. The summed E-state index contributed by atoms with van der Waals surface area (Å²) in [5.74, 6) is 1.88. The Morgan fingerprint density at radius 3 is 2.53 bits per heavy atom. The zero-order valence-corrected chi connectivity index (χ0v) is 17.9. The van der Waals surface area contributed by atoms with Crippen LogP contribution in [-0.2, 0) is 0 Å². The molecular formula is C25H24FN5O. The normalized spacial score (nSPS) is 15.6. The SMILES string of the molecule is CC(c1ccc(F)cc1)N1CCN(c2cc(Oc3ccc4ncccc4c3)ncn2)CC1. The van der Waals surface area contributed by atoms with E-state index in [2.05, 4.69) is 31.7 Å². The van der Waals surface area contributed by atoms with Gasteiger partial charge < -0.3 is 9.64 Å². The highest BCUT2D eigenvalue weighted by atomic mass is 19.1. The molecule has 1 unspecified atom stereocenters. The highest BCUT2D eigenvalue weighted by molar-refractivity contribution is 5.79. The molecular weight excluding hydrogens is 405 g/mol. The van der Waals surface area contributed by atoms with Gasteiger partial charge in [-0.1, -0.05) is 18.2 Å². The Hall–Kier alpha value is -3.58. The van der Waals surface area contributed by atoms with Crippen molar-refractivity contribution in [2.24, 2.45) is 0 Å². The lowest BCUT2D eigenvalue weighted by molar-refractivity contribution is 0.198. The molecule has 0 amide bonds. The van der Waals surface area contributed by atoms with Gasteiger partial charge in [0.25, 0.3) is 0 Å². The van der Waals surface area contributed by atoms with E-state index in [1.165, 1.54) is 12.1 Å². The fraction of sp³-hybridized carbons (Fsp3) is 0.240. The number of benzene rings is 2. The van der Waals surface area contributed by atoms with Crippen LogP contribution < -0.4 is 9.64 Å². The minimum atomic E-state index is -0.201. The van der Waals surface area contributed by atoms with E-state index in [4.69, 9.17) is 4.74 Å². The van der Waals surface area contributed by atoms with Gasteiger partial charge >= 0.3 is 0 Å². The van der Waals surface area contributed by atoms with E-state index in [-0.39, 0.29) is 11.9 Å². The van der Waals surface area contributed by atoms with Crippen molar-refractivity contribution in [3.8, 4) is 11.6 Å². The number of hydrogen-bond acceptors (Lipinski definition) is 6. The smallest absolute Gasteiger partial charge is 0.224 e. The summed E-state index contributed by atoms with van der Waals surface area (Å²) < 4.78 is 19.2. The number of ether oxygens (including phenoxy) is 1. The summed E-state index contributed by atoms with van der Waals surface area (Å²) in [5, 5.41) is 1.02. The van der Waals surface area contributed by atoms with Gasteiger partial charge in [-0.2, -0.15) is 0 Å². The van der Waals surface area contributed by atoms with Gasteiger partial charge in [0.15, 0.2) is 0 Å². The van der Waals surface area contributed by atoms with Crippen molar-refractivity contribution in [3.63, 3.8) is 0 Å². The van der Waals surface area contributed by atoms with Gasteiger partial charge in [0.2, 0.25) is 5.88 Å². The molecule has 0 aliphatic carbocycles. The third-order valence-electron chi connectivity index (χ3n) is 5.96. The standard InChI is InChI=1S/C25H24FN5O/c1-18(19-4-6-21(26)7-5-19)30-11-13-31(14-12-30)24-16-25(29-17-28-24)32-22-8-9-23-20(15-22)3-2-10-27-23/h2-10,15-18H,11-14H2,1H3. The molecule has 2 aromatic carbocycles. The number of aromatic nitrogens is 3. The van der Waals surface area contributed by atoms with Gasteiger partial charge in [0.1, 0.15) is 23.7 Å². The van der Waals surface area contributed by atoms with Crippen molar-refractivity contribution in [2.45, 2.75) is 13.0 Å². The molecule has 1 fully saturated rings. The molecule has 0 N–H and O–H groups in total. The van der Waals surface area contributed by atoms with E-state index < -0.39 is 0 Å². The second kappa shape index (κ2) is 8.88. The summed E-state index contributed by atoms with van der Waals surface area (Å²) in [5.41, 5.74) is 2.05. The Morgan fingerprint density at radius 1 is 0.906 bits per heavy atom. The van der Waals surface area contributed by atoms with Crippen molar-refractivity contribution in [3.05, 3.63) is 84.6 Å². The Morgan fingerprint density at radius 2 is 1.72 bits per heavy atom. The topological polar surface area (TPSA) is 54.4 Å². The molecule has 1 aliphatic rings. The Kier molecular flexibility index (Phi) is 5.64. The van der Waals surface area contributed by atoms with Gasteiger partial charge in [-0.15, -0.1) is 0 Å². The molecule has 0 radical (unpaired) electrons. The molecule has 1 saturated heterocycles. The molecule has 5 rings (SSSR count). The van der Waals surface area contributed by atoms with Gasteiger partial charge in [0, 0.05) is 49.9 Å². The molecule has 162 valence electrons. The maximum atomic E-state index is 13.2. The largest absolute Gasteiger partial charge is 0.439 e. The van der Waals surface area contributed by atoms with Gasteiger partial charge in [-0.3, -0.25) is 9.88 Å². The number of pyridine rings is 1. The molecule has 0 spiro atoms. The van der Waals surface area contributed by atoms with Crippen molar-refractivity contribution < 1.29 is 9.13 Å². The summed E-state index contributed by atoms with van der Waals surface area (Å²) in [4.78, 5) is 17.7. The quantitative estimate of drug-likeness (QED) is 0.453. The van der Waals surface area contributed by atoms with Crippen LogP contribution in [0.1, 0.15) is 18.5 Å². The van der Waals surface area contributed by atoms with E-state index in [9.17, 15) is 4.39 Å². The summed E-state index contributed by atoms with van der Waals surface area (Å²) in [6.07, 6.45) is 3.32. The van der Waals surface area contributed by atoms with Crippen molar-refractivity contribution >= 4 is 16.7 Å². The van der Waals surface area contributed by atoms with E-state index in [1.54, 1.807) is 12.5 Å². The fourth-order valence-corrected chi connectivity index (χ4v) is 4.09. The molecule has 32 heavy (non-hydrogen) atoms. The Bertz CT molecular complexity index is 1210. The number of anilines is 1. The monoisotopic (exact) mass is 429 g/mol. The predicted molar refractivity (Wildman–Crippen MR) is 122 cm³/mol. The molecule has 0 bridgehead atoms. The molecule has 3 heterocycles. The summed E-state index contributed by atoms with van der Waals surface area (Å²) in [7, 11) is 0. The fourth-order valence-electron chi connectivity index (χ4n) is 4.09. The molecule has 4 aromatic rings. The van der Waals surface area contributed by atoms with Crippen LogP contribution in [0.3, 0.4) is 0 Å². The number of piperazine rings is 1. The van der Waals surface area contributed by atoms with E-state index in [1.807, 2.05) is 48.5 Å². The van der Waals surface area contributed by atoms with Gasteiger partial charge in [-0.05, 0) is 48.9 Å². The number of fused-ring (bicyclic) bond motifs is 1. The lowest BCUT2D eigenvalue weighted by Crippen LogP contribution is -2.47. The van der Waals surface area contributed by atoms with Crippen LogP contribution in [0, 0.1) is 5.82 Å². The van der Waals surface area contributed by atoms with Crippen LogP contribution in [0.5, 0.6) is 11.6 Å².